The highest BCUT2D eigenvalue weighted by molar-refractivity contribution is 7.99. The molecule has 21 heavy (non-hydrogen) atoms. The van der Waals surface area contributed by atoms with E-state index in [2.05, 4.69) is 20.8 Å². The zero-order chi connectivity index (χ0) is 15.2. The van der Waals surface area contributed by atoms with Gasteiger partial charge in [0.05, 0.1) is 5.75 Å². The van der Waals surface area contributed by atoms with Crippen molar-refractivity contribution in [2.24, 2.45) is 7.05 Å². The number of ketones is 1. The number of tetrazole rings is 1. The third-order valence-electron chi connectivity index (χ3n) is 2.73. The number of nitrogens with zero attached hydrogens (tertiary/aromatic N) is 4. The summed E-state index contributed by atoms with van der Waals surface area (Å²) in [4.78, 5) is 22.9. The van der Waals surface area contributed by atoms with Crippen LogP contribution in [0.15, 0.2) is 29.4 Å². The summed E-state index contributed by atoms with van der Waals surface area (Å²) in [6.07, 6.45) is 0. The van der Waals surface area contributed by atoms with Crippen molar-refractivity contribution < 1.29 is 9.59 Å². The lowest BCUT2D eigenvalue weighted by molar-refractivity contribution is -0.119. The van der Waals surface area contributed by atoms with Gasteiger partial charge in [-0.1, -0.05) is 36.0 Å². The van der Waals surface area contributed by atoms with Gasteiger partial charge in [-0.05, 0) is 16.0 Å². The lowest BCUT2D eigenvalue weighted by atomic mass is 10.1. The minimum atomic E-state index is -0.0798. The molecule has 0 bridgehead atoms. The molecule has 8 heteroatoms. The van der Waals surface area contributed by atoms with Gasteiger partial charge in [0.15, 0.2) is 5.78 Å². The minimum Gasteiger partial charge on any atom is -0.352 e. The lowest BCUT2D eigenvalue weighted by Crippen LogP contribution is -2.18. The summed E-state index contributed by atoms with van der Waals surface area (Å²) in [5.74, 6) is 0.206. The van der Waals surface area contributed by atoms with Gasteiger partial charge in [-0.2, -0.15) is 0 Å². The van der Waals surface area contributed by atoms with Crippen molar-refractivity contribution in [3.05, 3.63) is 35.4 Å². The summed E-state index contributed by atoms with van der Waals surface area (Å²) in [5.41, 5.74) is 1.58. The number of rotatable bonds is 6. The molecule has 0 fully saturated rings. The standard InChI is InChI=1S/C13H15N5O2S/c1-9(19)14-7-10-3-5-11(6-4-10)12(20)8-21-13-15-16-17-18(13)2/h3-6H,7-8H2,1-2H3,(H,14,19). The molecule has 7 nitrogen and oxygen atoms in total. The predicted octanol–water partition coefficient (Wildman–Crippen LogP) is 0.821. The Kier molecular flexibility index (Phi) is 5.04. The maximum Gasteiger partial charge on any atom is 0.217 e. The Morgan fingerprint density at radius 1 is 1.29 bits per heavy atom. The highest BCUT2D eigenvalue weighted by atomic mass is 32.2. The van der Waals surface area contributed by atoms with Crippen LogP contribution in [-0.4, -0.2) is 37.7 Å². The number of nitrogens with one attached hydrogen (secondary N) is 1. The Morgan fingerprint density at radius 3 is 2.57 bits per heavy atom. The van der Waals surface area contributed by atoms with Crippen LogP contribution in [0, 0.1) is 0 Å². The van der Waals surface area contributed by atoms with Gasteiger partial charge in [-0.25, -0.2) is 4.68 Å². The Morgan fingerprint density at radius 2 is 2.00 bits per heavy atom. The van der Waals surface area contributed by atoms with E-state index in [1.165, 1.54) is 23.4 Å². The summed E-state index contributed by atoms with van der Waals surface area (Å²) in [6.45, 7) is 1.93. The van der Waals surface area contributed by atoms with E-state index in [-0.39, 0.29) is 17.4 Å². The maximum atomic E-state index is 12.1. The van der Waals surface area contributed by atoms with Crippen molar-refractivity contribution in [3.63, 3.8) is 0 Å². The van der Waals surface area contributed by atoms with Crippen molar-refractivity contribution >= 4 is 23.5 Å². The number of thioether (sulfide) groups is 1. The van der Waals surface area contributed by atoms with Crippen LogP contribution in [0.4, 0.5) is 0 Å². The molecule has 0 atom stereocenters. The van der Waals surface area contributed by atoms with Gasteiger partial charge in [-0.3, -0.25) is 9.59 Å². The van der Waals surface area contributed by atoms with E-state index in [9.17, 15) is 9.59 Å². The molecular weight excluding hydrogens is 290 g/mol. The van der Waals surface area contributed by atoms with Gasteiger partial charge in [-0.15, -0.1) is 5.10 Å². The van der Waals surface area contributed by atoms with E-state index in [4.69, 9.17) is 0 Å². The first kappa shape index (κ1) is 15.2. The second-order valence-electron chi connectivity index (χ2n) is 4.40. The van der Waals surface area contributed by atoms with E-state index < -0.39 is 0 Å². The fraction of sp³-hybridized carbons (Fsp3) is 0.308. The van der Waals surface area contributed by atoms with Crippen molar-refractivity contribution in [1.29, 1.82) is 0 Å². The molecule has 1 aromatic carbocycles. The van der Waals surface area contributed by atoms with Crippen molar-refractivity contribution in [2.75, 3.05) is 5.75 Å². The Bertz CT molecular complexity index is 638. The molecule has 1 N–H and O–H groups in total. The molecule has 110 valence electrons. The van der Waals surface area contributed by atoms with Crippen molar-refractivity contribution in [2.45, 2.75) is 18.6 Å². The van der Waals surface area contributed by atoms with Crippen LogP contribution in [0.3, 0.4) is 0 Å². The van der Waals surface area contributed by atoms with Crippen molar-refractivity contribution in [1.82, 2.24) is 25.5 Å². The van der Waals surface area contributed by atoms with Crippen LogP contribution >= 0.6 is 11.8 Å². The molecule has 0 aliphatic carbocycles. The molecule has 0 aliphatic heterocycles. The largest absolute Gasteiger partial charge is 0.352 e. The Balaban J connectivity index is 1.90. The quantitative estimate of drug-likeness (QED) is 0.628. The highest BCUT2D eigenvalue weighted by Crippen LogP contribution is 2.15. The van der Waals surface area contributed by atoms with E-state index >= 15 is 0 Å². The molecule has 0 unspecified atom stereocenters. The van der Waals surface area contributed by atoms with Crippen LogP contribution < -0.4 is 5.32 Å². The summed E-state index contributed by atoms with van der Waals surface area (Å²) in [5, 5.41) is 14.3. The van der Waals surface area contributed by atoms with Crippen LogP contribution in [0.1, 0.15) is 22.8 Å². The van der Waals surface area contributed by atoms with Gasteiger partial charge < -0.3 is 5.32 Å². The molecule has 0 spiro atoms. The predicted molar refractivity (Wildman–Crippen MR) is 77.8 cm³/mol. The number of benzene rings is 1. The van der Waals surface area contributed by atoms with Gasteiger partial charge in [0.2, 0.25) is 11.1 Å². The SMILES string of the molecule is CC(=O)NCc1ccc(C(=O)CSc2nnnn2C)cc1. The molecule has 1 aromatic heterocycles. The summed E-state index contributed by atoms with van der Waals surface area (Å²) in [7, 11) is 1.73. The van der Waals surface area contributed by atoms with Crippen LogP contribution in [-0.2, 0) is 18.4 Å². The first-order chi connectivity index (χ1) is 10.1. The lowest BCUT2D eigenvalue weighted by Gasteiger charge is -2.04. The first-order valence-corrected chi connectivity index (χ1v) is 7.26. The van der Waals surface area contributed by atoms with Gasteiger partial charge in [0, 0.05) is 26.1 Å². The summed E-state index contributed by atoms with van der Waals surface area (Å²) >= 11 is 1.30. The molecule has 1 amide bonds. The molecule has 0 aliphatic rings. The summed E-state index contributed by atoms with van der Waals surface area (Å²) < 4.78 is 1.52. The average Bonchev–Trinajstić information content (AvgIpc) is 2.88. The van der Waals surface area contributed by atoms with E-state index in [1.807, 2.05) is 12.1 Å². The second kappa shape index (κ2) is 6.98. The minimum absolute atomic E-state index is 0.00840. The van der Waals surface area contributed by atoms with Gasteiger partial charge in [0.25, 0.3) is 0 Å². The van der Waals surface area contributed by atoms with Crippen LogP contribution in [0.2, 0.25) is 0 Å². The maximum absolute atomic E-state index is 12.1. The Labute approximate surface area is 126 Å². The number of aryl methyl sites for hydroxylation is 1. The normalized spacial score (nSPS) is 10.4. The fourth-order valence-corrected chi connectivity index (χ4v) is 2.34. The highest BCUT2D eigenvalue weighted by Gasteiger charge is 2.10. The summed E-state index contributed by atoms with van der Waals surface area (Å²) in [6, 6.07) is 7.18. The van der Waals surface area contributed by atoms with Gasteiger partial charge >= 0.3 is 0 Å². The molecule has 0 radical (unpaired) electrons. The molecule has 0 saturated carbocycles. The van der Waals surface area contributed by atoms with Crippen molar-refractivity contribution in [3.8, 4) is 0 Å². The van der Waals surface area contributed by atoms with Crippen LogP contribution in [0.25, 0.3) is 0 Å². The topological polar surface area (TPSA) is 89.8 Å². The number of carbonyl (C=O) groups excluding carboxylic acids is 2. The zero-order valence-electron chi connectivity index (χ0n) is 11.7. The third kappa shape index (κ3) is 4.38. The monoisotopic (exact) mass is 305 g/mol. The molecule has 2 rings (SSSR count). The van der Waals surface area contributed by atoms with E-state index in [0.717, 1.165) is 5.56 Å². The smallest absolute Gasteiger partial charge is 0.217 e. The van der Waals surface area contributed by atoms with E-state index in [0.29, 0.717) is 17.3 Å². The number of hydrogen-bond donors (Lipinski definition) is 1. The molecule has 2 aromatic rings. The first-order valence-electron chi connectivity index (χ1n) is 6.28. The second-order valence-corrected chi connectivity index (χ2v) is 5.35. The van der Waals surface area contributed by atoms with Gasteiger partial charge in [0.1, 0.15) is 0 Å². The van der Waals surface area contributed by atoms with E-state index in [1.54, 1.807) is 19.2 Å². The molecular formula is C13H15N5O2S. The Hall–Kier alpha value is -2.22. The number of Topliss-reactive ketones (excluding diaryl/α,β-unsaturated/α-hetero) is 1. The third-order valence-corrected chi connectivity index (χ3v) is 3.74. The molecule has 0 saturated heterocycles. The zero-order valence-corrected chi connectivity index (χ0v) is 12.6. The molecule has 1 heterocycles. The number of carbonyl (C=O) groups is 2. The number of amides is 1. The number of hydrogen-bond acceptors (Lipinski definition) is 6. The van der Waals surface area contributed by atoms with Crippen LogP contribution in [0.5, 0.6) is 0 Å². The average molecular weight is 305 g/mol. The fourth-order valence-electron chi connectivity index (χ4n) is 1.59. The number of aromatic nitrogens is 4.